The second-order valence-corrected chi connectivity index (χ2v) is 5.53. The van der Waals surface area contributed by atoms with Crippen LogP contribution in [0.1, 0.15) is 12.1 Å². The lowest BCUT2D eigenvalue weighted by Crippen LogP contribution is -2.41. The zero-order valence-electron chi connectivity index (χ0n) is 11.5. The third-order valence-corrected chi connectivity index (χ3v) is 3.67. The Labute approximate surface area is 125 Å². The van der Waals surface area contributed by atoms with Gasteiger partial charge in [0.1, 0.15) is 11.7 Å². The highest BCUT2D eigenvalue weighted by molar-refractivity contribution is 7.98. The van der Waals surface area contributed by atoms with Crippen LogP contribution in [0.3, 0.4) is 0 Å². The number of carboxylic acids is 1. The van der Waals surface area contributed by atoms with Crippen LogP contribution in [0.15, 0.2) is 28.8 Å². The molecule has 0 aliphatic carbocycles. The Morgan fingerprint density at radius 1 is 1.43 bits per heavy atom. The number of amides is 1. The van der Waals surface area contributed by atoms with Crippen LogP contribution in [0.25, 0.3) is 11.0 Å². The number of fused-ring (bicyclic) bond motifs is 1. The van der Waals surface area contributed by atoms with Crippen molar-refractivity contribution in [3.63, 3.8) is 0 Å². The fourth-order valence-electron chi connectivity index (χ4n) is 1.96. The van der Waals surface area contributed by atoms with Gasteiger partial charge in [0.2, 0.25) is 5.91 Å². The molecule has 1 atom stereocenters. The molecule has 2 N–H and O–H groups in total. The third-order valence-electron chi connectivity index (χ3n) is 3.02. The Hall–Kier alpha value is -2.02. The lowest BCUT2D eigenvalue weighted by atomic mass is 10.1. The zero-order valence-corrected chi connectivity index (χ0v) is 12.4. The number of benzene rings is 1. The van der Waals surface area contributed by atoms with Gasteiger partial charge in [0.05, 0.1) is 6.42 Å². The highest BCUT2D eigenvalue weighted by Gasteiger charge is 2.20. The van der Waals surface area contributed by atoms with Crippen LogP contribution in [0.5, 0.6) is 0 Å². The molecule has 0 saturated heterocycles. The molecule has 1 aromatic heterocycles. The standard InChI is InChI=1S/C14H16N2O4S/c1-21-7-6-10(14(18)19)15-13(17)8-11-9-4-2-3-5-12(9)20-16-11/h2-5,10H,6-8H2,1H3,(H,15,17)(H,18,19). The second-order valence-electron chi connectivity index (χ2n) is 4.54. The van der Waals surface area contributed by atoms with Gasteiger partial charge in [-0.2, -0.15) is 11.8 Å². The number of aliphatic carboxylic acids is 1. The zero-order chi connectivity index (χ0) is 15.2. The van der Waals surface area contributed by atoms with Crippen LogP contribution < -0.4 is 5.32 Å². The van der Waals surface area contributed by atoms with Crippen LogP contribution in [-0.4, -0.2) is 40.2 Å². The van der Waals surface area contributed by atoms with E-state index in [1.165, 1.54) is 11.8 Å². The molecule has 6 nitrogen and oxygen atoms in total. The fraction of sp³-hybridized carbons (Fsp3) is 0.357. The van der Waals surface area contributed by atoms with Gasteiger partial charge >= 0.3 is 5.97 Å². The minimum Gasteiger partial charge on any atom is -0.480 e. The quantitative estimate of drug-likeness (QED) is 0.808. The highest BCUT2D eigenvalue weighted by Crippen LogP contribution is 2.18. The maximum Gasteiger partial charge on any atom is 0.326 e. The monoisotopic (exact) mass is 308 g/mol. The predicted octanol–water partition coefficient (Wildman–Crippen LogP) is 1.69. The first kappa shape index (κ1) is 15.4. The SMILES string of the molecule is CSCCC(NC(=O)Cc1noc2ccccc12)C(=O)O. The molecule has 0 saturated carbocycles. The average molecular weight is 308 g/mol. The van der Waals surface area contributed by atoms with Crippen molar-refractivity contribution in [1.82, 2.24) is 10.5 Å². The molecule has 7 heteroatoms. The van der Waals surface area contributed by atoms with Crippen molar-refractivity contribution in [3.8, 4) is 0 Å². The summed E-state index contributed by atoms with van der Waals surface area (Å²) in [6.07, 6.45) is 2.28. The highest BCUT2D eigenvalue weighted by atomic mass is 32.2. The Bertz CT molecular complexity index is 641. The first-order valence-electron chi connectivity index (χ1n) is 6.46. The predicted molar refractivity (Wildman–Crippen MR) is 80.3 cm³/mol. The minimum atomic E-state index is -1.03. The molecular weight excluding hydrogens is 292 g/mol. The number of carboxylic acid groups (broad SMARTS) is 1. The van der Waals surface area contributed by atoms with E-state index in [0.29, 0.717) is 23.5 Å². The van der Waals surface area contributed by atoms with Gasteiger partial charge in [0.15, 0.2) is 5.58 Å². The van der Waals surface area contributed by atoms with E-state index in [0.717, 1.165) is 5.39 Å². The summed E-state index contributed by atoms with van der Waals surface area (Å²) in [5, 5.41) is 16.2. The molecule has 0 fully saturated rings. The summed E-state index contributed by atoms with van der Waals surface area (Å²) < 4.78 is 5.12. The van der Waals surface area contributed by atoms with Crippen LogP contribution in [0.2, 0.25) is 0 Å². The Balaban J connectivity index is 2.02. The van der Waals surface area contributed by atoms with Gasteiger partial charge in [-0.05, 0) is 30.6 Å². The van der Waals surface area contributed by atoms with Crippen molar-refractivity contribution in [2.75, 3.05) is 12.0 Å². The smallest absolute Gasteiger partial charge is 0.326 e. The second kappa shape index (κ2) is 7.12. The summed E-state index contributed by atoms with van der Waals surface area (Å²) in [5.74, 6) is -0.727. The molecule has 0 radical (unpaired) electrons. The summed E-state index contributed by atoms with van der Waals surface area (Å²) in [6, 6.07) is 6.36. The van der Waals surface area contributed by atoms with Gasteiger partial charge < -0.3 is 14.9 Å². The molecule has 1 aromatic carbocycles. The van der Waals surface area contributed by atoms with Crippen molar-refractivity contribution in [2.45, 2.75) is 18.9 Å². The molecule has 1 unspecified atom stereocenters. The van der Waals surface area contributed by atoms with Crippen LogP contribution in [-0.2, 0) is 16.0 Å². The third kappa shape index (κ3) is 3.98. The molecule has 2 aromatic rings. The molecule has 1 amide bonds. The molecule has 0 spiro atoms. The summed E-state index contributed by atoms with van der Waals surface area (Å²) in [5.41, 5.74) is 1.12. The van der Waals surface area contributed by atoms with Crippen molar-refractivity contribution in [2.24, 2.45) is 0 Å². The first-order valence-corrected chi connectivity index (χ1v) is 7.85. The number of thioether (sulfide) groups is 1. The minimum absolute atomic E-state index is 0.0000607. The Morgan fingerprint density at radius 2 is 2.19 bits per heavy atom. The summed E-state index contributed by atoms with van der Waals surface area (Å²) in [6.45, 7) is 0. The van der Waals surface area contributed by atoms with Gasteiger partial charge in [-0.1, -0.05) is 17.3 Å². The number of rotatable bonds is 7. The van der Waals surface area contributed by atoms with Crippen molar-refractivity contribution in [3.05, 3.63) is 30.0 Å². The van der Waals surface area contributed by atoms with Crippen LogP contribution >= 0.6 is 11.8 Å². The topological polar surface area (TPSA) is 92.4 Å². The Morgan fingerprint density at radius 3 is 2.90 bits per heavy atom. The van der Waals surface area contributed by atoms with E-state index in [4.69, 9.17) is 9.63 Å². The summed E-state index contributed by atoms with van der Waals surface area (Å²) in [7, 11) is 0. The van der Waals surface area contributed by atoms with Gasteiger partial charge in [0.25, 0.3) is 0 Å². The normalized spacial score (nSPS) is 12.2. The number of aromatic nitrogens is 1. The molecule has 1 heterocycles. The lowest BCUT2D eigenvalue weighted by Gasteiger charge is -2.13. The summed E-state index contributed by atoms with van der Waals surface area (Å²) in [4.78, 5) is 23.1. The largest absolute Gasteiger partial charge is 0.480 e. The molecule has 21 heavy (non-hydrogen) atoms. The molecular formula is C14H16N2O4S. The fourth-order valence-corrected chi connectivity index (χ4v) is 2.43. The van der Waals surface area contributed by atoms with Gasteiger partial charge in [-0.3, -0.25) is 4.79 Å². The molecule has 2 rings (SSSR count). The molecule has 112 valence electrons. The summed E-state index contributed by atoms with van der Waals surface area (Å²) >= 11 is 1.54. The van der Waals surface area contributed by atoms with Crippen LogP contribution in [0.4, 0.5) is 0 Å². The number of para-hydroxylation sites is 1. The number of hydrogen-bond acceptors (Lipinski definition) is 5. The molecule has 0 bridgehead atoms. The molecule has 0 aliphatic rings. The van der Waals surface area contributed by atoms with Crippen molar-refractivity contribution < 1.29 is 19.2 Å². The van der Waals surface area contributed by atoms with Crippen molar-refractivity contribution >= 4 is 34.6 Å². The molecule has 0 aliphatic heterocycles. The number of carbonyl (C=O) groups excluding carboxylic acids is 1. The maximum atomic E-state index is 12.0. The maximum absolute atomic E-state index is 12.0. The number of nitrogens with zero attached hydrogens (tertiary/aromatic N) is 1. The van der Waals surface area contributed by atoms with E-state index in [2.05, 4.69) is 10.5 Å². The first-order chi connectivity index (χ1) is 10.1. The van der Waals surface area contributed by atoms with Crippen molar-refractivity contribution in [1.29, 1.82) is 0 Å². The van der Waals surface area contributed by atoms with E-state index >= 15 is 0 Å². The number of carbonyl (C=O) groups is 2. The van der Waals surface area contributed by atoms with Gasteiger partial charge in [-0.15, -0.1) is 0 Å². The van der Waals surface area contributed by atoms with Gasteiger partial charge in [0, 0.05) is 5.39 Å². The van der Waals surface area contributed by atoms with E-state index in [9.17, 15) is 9.59 Å². The van der Waals surface area contributed by atoms with E-state index in [-0.39, 0.29) is 12.3 Å². The number of hydrogen-bond donors (Lipinski definition) is 2. The lowest BCUT2D eigenvalue weighted by molar-refractivity contribution is -0.141. The van der Waals surface area contributed by atoms with E-state index in [1.807, 2.05) is 24.5 Å². The van der Waals surface area contributed by atoms with Crippen LogP contribution in [0, 0.1) is 0 Å². The number of nitrogens with one attached hydrogen (secondary N) is 1. The average Bonchev–Trinajstić information content (AvgIpc) is 2.86. The Kier molecular flexibility index (Phi) is 5.21. The van der Waals surface area contributed by atoms with Gasteiger partial charge in [-0.25, -0.2) is 4.79 Å². The van der Waals surface area contributed by atoms with E-state index < -0.39 is 12.0 Å². The van der Waals surface area contributed by atoms with E-state index in [1.54, 1.807) is 6.07 Å².